The van der Waals surface area contributed by atoms with Gasteiger partial charge in [-0.15, -0.1) is 0 Å². The van der Waals surface area contributed by atoms with E-state index < -0.39 is 33.8 Å². The first-order valence-electron chi connectivity index (χ1n) is 7.92. The predicted octanol–water partition coefficient (Wildman–Crippen LogP) is 3.27. The molecule has 5 nitrogen and oxygen atoms in total. The van der Waals surface area contributed by atoms with Crippen molar-refractivity contribution in [3.05, 3.63) is 64.4 Å². The van der Waals surface area contributed by atoms with E-state index in [9.17, 15) is 17.6 Å². The van der Waals surface area contributed by atoms with E-state index >= 15 is 0 Å². The summed E-state index contributed by atoms with van der Waals surface area (Å²) in [6, 6.07) is 8.57. The Morgan fingerprint density at radius 3 is 2.19 bits per heavy atom. The fourth-order valence-electron chi connectivity index (χ4n) is 2.14. The topological polar surface area (TPSA) is 83.5 Å². The maximum atomic E-state index is 13.4. The smallest absolute Gasteiger partial charge is 0.322 e. The Balaban J connectivity index is 2.20. The highest BCUT2D eigenvalue weighted by Gasteiger charge is 2.27. The van der Waals surface area contributed by atoms with Gasteiger partial charge in [0, 0.05) is 11.1 Å². The lowest BCUT2D eigenvalue weighted by Gasteiger charge is -2.17. The van der Waals surface area contributed by atoms with Crippen LogP contribution in [-0.4, -0.2) is 25.5 Å². The van der Waals surface area contributed by atoms with Gasteiger partial charge in [-0.3, -0.25) is 4.79 Å². The van der Waals surface area contributed by atoms with E-state index in [0.717, 1.165) is 0 Å². The third kappa shape index (κ3) is 5.54. The van der Waals surface area contributed by atoms with Crippen molar-refractivity contribution >= 4 is 27.6 Å². The number of halogens is 2. The summed E-state index contributed by atoms with van der Waals surface area (Å²) in [5.41, 5.74) is 0.944. The molecule has 0 bridgehead atoms. The van der Waals surface area contributed by atoms with Crippen LogP contribution in [0.4, 0.5) is 4.39 Å². The van der Waals surface area contributed by atoms with Gasteiger partial charge < -0.3 is 5.11 Å². The number of carboxylic acid groups (broad SMARTS) is 1. The number of hydrogen-bond donors (Lipinski definition) is 2. The van der Waals surface area contributed by atoms with Gasteiger partial charge in [-0.25, -0.2) is 12.8 Å². The summed E-state index contributed by atoms with van der Waals surface area (Å²) in [5.74, 6) is 3.32. The van der Waals surface area contributed by atoms with E-state index in [1.807, 2.05) is 0 Å². The van der Waals surface area contributed by atoms with Gasteiger partial charge in [-0.2, -0.15) is 4.72 Å². The minimum absolute atomic E-state index is 0.00340. The molecule has 0 aromatic heterocycles. The van der Waals surface area contributed by atoms with Crippen LogP contribution >= 0.6 is 11.6 Å². The summed E-state index contributed by atoms with van der Waals surface area (Å²) in [5, 5.41) is 9.14. The molecule has 0 heterocycles. The van der Waals surface area contributed by atoms with Crippen LogP contribution < -0.4 is 4.72 Å². The Morgan fingerprint density at radius 2 is 1.67 bits per heavy atom. The van der Waals surface area contributed by atoms with Crippen LogP contribution in [0, 0.1) is 23.6 Å². The van der Waals surface area contributed by atoms with Gasteiger partial charge in [0.25, 0.3) is 0 Å². The number of carboxylic acids is 1. The largest absolute Gasteiger partial charge is 0.480 e. The summed E-state index contributed by atoms with van der Waals surface area (Å²) < 4.78 is 40.3. The van der Waals surface area contributed by atoms with E-state index in [-0.39, 0.29) is 9.92 Å². The molecule has 0 saturated heterocycles. The molecular weight excluding hydrogens is 393 g/mol. The molecule has 0 saturated carbocycles. The molecule has 0 spiro atoms. The molecule has 0 aliphatic heterocycles. The van der Waals surface area contributed by atoms with Crippen LogP contribution in [0.25, 0.3) is 0 Å². The molecule has 1 atom stereocenters. The van der Waals surface area contributed by atoms with Crippen molar-refractivity contribution < 1.29 is 22.7 Å². The lowest BCUT2D eigenvalue weighted by molar-refractivity contribution is -0.140. The molecule has 0 fully saturated rings. The molecule has 0 radical (unpaired) electrons. The standard InChI is InChI=1S/C19H17ClFNO4S/c1-12(2)18(19(23)24)22-27(25,26)15-8-5-13(6-9-15)3-4-14-7-10-16(20)17(21)11-14/h5-12,18,22H,1-2H3,(H,23,24). The van der Waals surface area contributed by atoms with E-state index in [1.165, 1.54) is 36.4 Å². The monoisotopic (exact) mass is 409 g/mol. The first-order chi connectivity index (χ1) is 12.6. The lowest BCUT2D eigenvalue weighted by atomic mass is 10.1. The van der Waals surface area contributed by atoms with Crippen LogP contribution in [0.5, 0.6) is 0 Å². The Morgan fingerprint density at radius 1 is 1.11 bits per heavy atom. The Kier molecular flexibility index (Phi) is 6.60. The van der Waals surface area contributed by atoms with Crippen LogP contribution in [0.1, 0.15) is 25.0 Å². The first-order valence-corrected chi connectivity index (χ1v) is 9.78. The number of benzene rings is 2. The van der Waals surface area contributed by atoms with Crippen LogP contribution in [0.3, 0.4) is 0 Å². The number of hydrogen-bond acceptors (Lipinski definition) is 3. The zero-order chi connectivity index (χ0) is 20.2. The van der Waals surface area contributed by atoms with Crippen LogP contribution in [0.15, 0.2) is 47.4 Å². The number of sulfonamides is 1. The van der Waals surface area contributed by atoms with Crippen molar-refractivity contribution in [2.24, 2.45) is 5.92 Å². The van der Waals surface area contributed by atoms with Gasteiger partial charge in [-0.1, -0.05) is 37.3 Å². The van der Waals surface area contributed by atoms with Crippen LogP contribution in [-0.2, 0) is 14.8 Å². The molecule has 8 heteroatoms. The van der Waals surface area contributed by atoms with Crippen molar-refractivity contribution in [3.8, 4) is 11.8 Å². The molecule has 2 N–H and O–H groups in total. The highest BCUT2D eigenvalue weighted by Crippen LogP contribution is 2.16. The lowest BCUT2D eigenvalue weighted by Crippen LogP contribution is -2.44. The Bertz CT molecular complexity index is 1010. The van der Waals surface area contributed by atoms with Crippen molar-refractivity contribution in [1.82, 2.24) is 4.72 Å². The van der Waals surface area contributed by atoms with Gasteiger partial charge in [0.2, 0.25) is 10.0 Å². The van der Waals surface area contributed by atoms with Gasteiger partial charge in [-0.05, 0) is 48.4 Å². The minimum Gasteiger partial charge on any atom is -0.480 e. The summed E-state index contributed by atoms with van der Waals surface area (Å²) in [7, 11) is -3.99. The fraction of sp³-hybridized carbons (Fsp3) is 0.211. The van der Waals surface area contributed by atoms with Crippen LogP contribution in [0.2, 0.25) is 5.02 Å². The first kappa shape index (κ1) is 20.9. The summed E-state index contributed by atoms with van der Waals surface area (Å²) in [6.45, 7) is 3.22. The van der Waals surface area contributed by atoms with Gasteiger partial charge in [0.05, 0.1) is 9.92 Å². The molecular formula is C19H17ClFNO4S. The highest BCUT2D eigenvalue weighted by molar-refractivity contribution is 7.89. The van der Waals surface area contributed by atoms with E-state index in [4.69, 9.17) is 16.7 Å². The average molecular weight is 410 g/mol. The van der Waals surface area contributed by atoms with Gasteiger partial charge in [0.1, 0.15) is 11.9 Å². The second kappa shape index (κ2) is 8.53. The van der Waals surface area contributed by atoms with E-state index in [2.05, 4.69) is 16.6 Å². The maximum Gasteiger partial charge on any atom is 0.322 e. The Hall–Kier alpha value is -2.40. The number of aliphatic carboxylic acids is 1. The summed E-state index contributed by atoms with van der Waals surface area (Å²) >= 11 is 5.61. The van der Waals surface area contributed by atoms with Gasteiger partial charge >= 0.3 is 5.97 Å². The van der Waals surface area contributed by atoms with Crippen molar-refractivity contribution in [2.45, 2.75) is 24.8 Å². The fourth-order valence-corrected chi connectivity index (χ4v) is 3.60. The summed E-state index contributed by atoms with van der Waals surface area (Å²) in [6.07, 6.45) is 0. The van der Waals surface area contributed by atoms with E-state index in [1.54, 1.807) is 19.9 Å². The number of rotatable bonds is 5. The zero-order valence-electron chi connectivity index (χ0n) is 14.5. The third-order valence-electron chi connectivity index (χ3n) is 3.65. The number of nitrogens with one attached hydrogen (secondary N) is 1. The molecule has 2 aromatic rings. The molecule has 0 aliphatic rings. The maximum absolute atomic E-state index is 13.4. The van der Waals surface area contributed by atoms with Crippen molar-refractivity contribution in [1.29, 1.82) is 0 Å². The van der Waals surface area contributed by atoms with Crippen molar-refractivity contribution in [3.63, 3.8) is 0 Å². The van der Waals surface area contributed by atoms with Crippen molar-refractivity contribution in [2.75, 3.05) is 0 Å². The molecule has 142 valence electrons. The molecule has 27 heavy (non-hydrogen) atoms. The molecule has 0 aliphatic carbocycles. The van der Waals surface area contributed by atoms with Gasteiger partial charge in [0.15, 0.2) is 0 Å². The normalized spacial score (nSPS) is 12.3. The zero-order valence-corrected chi connectivity index (χ0v) is 16.1. The predicted molar refractivity (Wildman–Crippen MR) is 100 cm³/mol. The third-order valence-corrected chi connectivity index (χ3v) is 5.41. The minimum atomic E-state index is -3.99. The SMILES string of the molecule is CC(C)C(NS(=O)(=O)c1ccc(C#Cc2ccc(Cl)c(F)c2)cc1)C(=O)O. The average Bonchev–Trinajstić information content (AvgIpc) is 2.60. The Labute approximate surface area is 162 Å². The second-order valence-electron chi connectivity index (χ2n) is 6.08. The molecule has 2 aromatic carbocycles. The quantitative estimate of drug-likeness (QED) is 0.742. The highest BCUT2D eigenvalue weighted by atomic mass is 35.5. The number of carbonyl (C=O) groups is 1. The molecule has 1 unspecified atom stereocenters. The molecule has 2 rings (SSSR count). The molecule has 0 amide bonds. The second-order valence-corrected chi connectivity index (χ2v) is 8.21. The summed E-state index contributed by atoms with van der Waals surface area (Å²) in [4.78, 5) is 11.1. The van der Waals surface area contributed by atoms with E-state index in [0.29, 0.717) is 11.1 Å².